The zero-order valence-electron chi connectivity index (χ0n) is 17.0. The van der Waals surface area contributed by atoms with Gasteiger partial charge in [-0.3, -0.25) is 14.4 Å². The monoisotopic (exact) mass is 406 g/mol. The molecule has 7 nitrogen and oxygen atoms in total. The van der Waals surface area contributed by atoms with Crippen molar-refractivity contribution < 1.29 is 14.4 Å². The zero-order valence-corrected chi connectivity index (χ0v) is 17.0. The molecule has 0 heterocycles. The van der Waals surface area contributed by atoms with Gasteiger partial charge < -0.3 is 10.6 Å². The van der Waals surface area contributed by atoms with E-state index in [1.165, 1.54) is 12.6 Å². The van der Waals surface area contributed by atoms with Crippen molar-refractivity contribution in [2.24, 2.45) is 5.10 Å². The van der Waals surface area contributed by atoms with E-state index in [9.17, 15) is 14.4 Å². The Morgan fingerprint density at radius 3 is 2.37 bits per heavy atom. The molecule has 1 fully saturated rings. The van der Waals surface area contributed by atoms with Crippen molar-refractivity contribution in [2.45, 2.75) is 45.1 Å². The Kier molecular flexibility index (Phi) is 7.32. The Morgan fingerprint density at radius 1 is 0.933 bits per heavy atom. The third kappa shape index (κ3) is 6.01. The highest BCUT2D eigenvalue weighted by molar-refractivity contribution is 6.40. The number of para-hydroxylation sites is 1. The molecule has 3 N–H and O–H groups in total. The molecule has 7 heteroatoms. The predicted molar refractivity (Wildman–Crippen MR) is 116 cm³/mol. The number of aryl methyl sites for hydroxylation is 1. The number of rotatable bonds is 5. The van der Waals surface area contributed by atoms with E-state index in [4.69, 9.17) is 0 Å². The topological polar surface area (TPSA) is 99.7 Å². The van der Waals surface area contributed by atoms with Gasteiger partial charge in [0.25, 0.3) is 5.91 Å². The molecule has 1 saturated carbocycles. The molecule has 3 rings (SSSR count). The number of nitrogens with zero attached hydrogens (tertiary/aromatic N) is 1. The Labute approximate surface area is 175 Å². The van der Waals surface area contributed by atoms with Gasteiger partial charge in [-0.25, -0.2) is 5.43 Å². The molecule has 0 aliphatic heterocycles. The average molecular weight is 406 g/mol. The molecule has 0 radical (unpaired) electrons. The molecule has 0 unspecified atom stereocenters. The number of carbonyl (C=O) groups excluding carboxylic acids is 3. The molecule has 156 valence electrons. The van der Waals surface area contributed by atoms with Crippen molar-refractivity contribution >= 4 is 29.6 Å². The summed E-state index contributed by atoms with van der Waals surface area (Å²) < 4.78 is 0. The van der Waals surface area contributed by atoms with Gasteiger partial charge in [0.2, 0.25) is 0 Å². The van der Waals surface area contributed by atoms with E-state index in [-0.39, 0.29) is 17.6 Å². The summed E-state index contributed by atoms with van der Waals surface area (Å²) >= 11 is 0. The summed E-state index contributed by atoms with van der Waals surface area (Å²) in [4.78, 5) is 36.9. The van der Waals surface area contributed by atoms with Crippen LogP contribution in [0.4, 0.5) is 5.69 Å². The van der Waals surface area contributed by atoms with Crippen LogP contribution >= 0.6 is 0 Å². The molecule has 0 aromatic heterocycles. The minimum atomic E-state index is -0.916. The lowest BCUT2D eigenvalue weighted by atomic mass is 9.95. The van der Waals surface area contributed by atoms with Crippen LogP contribution in [0.1, 0.15) is 53.6 Å². The number of hydrogen-bond donors (Lipinski definition) is 3. The minimum absolute atomic E-state index is 0.148. The largest absolute Gasteiger partial charge is 0.349 e. The second-order valence-electron chi connectivity index (χ2n) is 7.42. The molecule has 0 atom stereocenters. The summed E-state index contributed by atoms with van der Waals surface area (Å²) in [5.74, 6) is -2.06. The summed E-state index contributed by atoms with van der Waals surface area (Å²) in [6, 6.07) is 14.3. The van der Waals surface area contributed by atoms with Gasteiger partial charge in [0.05, 0.1) is 17.5 Å². The smallest absolute Gasteiger partial charge is 0.329 e. The lowest BCUT2D eigenvalue weighted by molar-refractivity contribution is -0.136. The summed E-state index contributed by atoms with van der Waals surface area (Å²) in [6.07, 6.45) is 6.78. The fourth-order valence-electron chi connectivity index (χ4n) is 3.35. The Morgan fingerprint density at radius 2 is 1.63 bits per heavy atom. The van der Waals surface area contributed by atoms with E-state index in [2.05, 4.69) is 21.2 Å². The molecule has 1 aliphatic rings. The molecule has 3 amide bonds. The van der Waals surface area contributed by atoms with E-state index >= 15 is 0 Å². The first kappa shape index (κ1) is 21.2. The summed E-state index contributed by atoms with van der Waals surface area (Å²) in [6.45, 7) is 1.97. The van der Waals surface area contributed by atoms with Gasteiger partial charge in [-0.15, -0.1) is 0 Å². The van der Waals surface area contributed by atoms with Crippen LogP contribution in [-0.4, -0.2) is 30.0 Å². The van der Waals surface area contributed by atoms with E-state index in [0.29, 0.717) is 5.56 Å². The quantitative estimate of drug-likeness (QED) is 0.404. The van der Waals surface area contributed by atoms with Gasteiger partial charge in [-0.2, -0.15) is 5.10 Å². The second-order valence-corrected chi connectivity index (χ2v) is 7.42. The number of anilines is 1. The van der Waals surface area contributed by atoms with Crippen molar-refractivity contribution in [3.8, 4) is 0 Å². The predicted octanol–water partition coefficient (Wildman–Crippen LogP) is 3.15. The van der Waals surface area contributed by atoms with Gasteiger partial charge in [-0.05, 0) is 37.5 Å². The second kappa shape index (κ2) is 10.3. The summed E-state index contributed by atoms with van der Waals surface area (Å²) in [5.41, 5.74) is 4.72. The molecule has 2 aromatic carbocycles. The van der Waals surface area contributed by atoms with Crippen molar-refractivity contribution in [3.63, 3.8) is 0 Å². The number of hydrogen-bond acceptors (Lipinski definition) is 4. The maximum absolute atomic E-state index is 12.7. The van der Waals surface area contributed by atoms with E-state index in [0.717, 1.165) is 36.8 Å². The molecule has 0 spiro atoms. The maximum Gasteiger partial charge on any atom is 0.329 e. The first-order valence-corrected chi connectivity index (χ1v) is 10.1. The number of benzene rings is 2. The first-order chi connectivity index (χ1) is 14.5. The summed E-state index contributed by atoms with van der Waals surface area (Å²) in [5, 5.41) is 9.32. The molecule has 1 aliphatic carbocycles. The first-order valence-electron chi connectivity index (χ1n) is 10.1. The van der Waals surface area contributed by atoms with Crippen LogP contribution in [0, 0.1) is 6.92 Å². The third-order valence-corrected chi connectivity index (χ3v) is 5.02. The third-order valence-electron chi connectivity index (χ3n) is 5.02. The van der Waals surface area contributed by atoms with Gasteiger partial charge in [0.1, 0.15) is 0 Å². The standard InChI is InChI=1S/C23H26N4O3/c1-16-11-13-17(14-12-16)15-24-27-23(30)22(29)26-20-10-6-5-9-19(20)21(28)25-18-7-3-2-4-8-18/h5-6,9-15,18H,2-4,7-8H2,1H3,(H,25,28)(H,26,29)(H,27,30). The van der Waals surface area contributed by atoms with Gasteiger partial charge >= 0.3 is 11.8 Å². The molecular formula is C23H26N4O3. The zero-order chi connectivity index (χ0) is 21.3. The molecule has 0 saturated heterocycles. The molecule has 30 heavy (non-hydrogen) atoms. The van der Waals surface area contributed by atoms with E-state index in [1.54, 1.807) is 24.3 Å². The Hall–Kier alpha value is -3.48. The van der Waals surface area contributed by atoms with Crippen molar-refractivity contribution in [1.82, 2.24) is 10.7 Å². The lowest BCUT2D eigenvalue weighted by Crippen LogP contribution is -2.37. The molecule has 2 aromatic rings. The van der Waals surface area contributed by atoms with Crippen LogP contribution in [0.15, 0.2) is 53.6 Å². The van der Waals surface area contributed by atoms with E-state index in [1.807, 2.05) is 31.2 Å². The Bertz CT molecular complexity index is 932. The minimum Gasteiger partial charge on any atom is -0.349 e. The van der Waals surface area contributed by atoms with E-state index < -0.39 is 11.8 Å². The molecular weight excluding hydrogens is 380 g/mol. The van der Waals surface area contributed by atoms with Crippen molar-refractivity contribution in [2.75, 3.05) is 5.32 Å². The van der Waals surface area contributed by atoms with Crippen LogP contribution in [0.3, 0.4) is 0 Å². The normalized spacial score (nSPS) is 14.3. The fourth-order valence-corrected chi connectivity index (χ4v) is 3.35. The Balaban J connectivity index is 1.58. The number of amides is 3. The van der Waals surface area contributed by atoms with Crippen LogP contribution < -0.4 is 16.1 Å². The average Bonchev–Trinajstić information content (AvgIpc) is 2.76. The highest BCUT2D eigenvalue weighted by atomic mass is 16.2. The highest BCUT2D eigenvalue weighted by Gasteiger charge is 2.20. The number of hydrazone groups is 1. The maximum atomic E-state index is 12.7. The summed E-state index contributed by atoms with van der Waals surface area (Å²) in [7, 11) is 0. The SMILES string of the molecule is Cc1ccc(C=NNC(=O)C(=O)Nc2ccccc2C(=O)NC2CCCCC2)cc1. The van der Waals surface area contributed by atoms with Crippen LogP contribution in [0.25, 0.3) is 0 Å². The fraction of sp³-hybridized carbons (Fsp3) is 0.304. The van der Waals surface area contributed by atoms with Crippen LogP contribution in [-0.2, 0) is 9.59 Å². The number of nitrogens with one attached hydrogen (secondary N) is 3. The van der Waals surface area contributed by atoms with Gasteiger partial charge in [0.15, 0.2) is 0 Å². The van der Waals surface area contributed by atoms with Crippen LogP contribution in [0.2, 0.25) is 0 Å². The molecule has 0 bridgehead atoms. The number of carbonyl (C=O) groups is 3. The lowest BCUT2D eigenvalue weighted by Gasteiger charge is -2.23. The highest BCUT2D eigenvalue weighted by Crippen LogP contribution is 2.20. The van der Waals surface area contributed by atoms with Gasteiger partial charge in [0, 0.05) is 6.04 Å². The van der Waals surface area contributed by atoms with Crippen molar-refractivity contribution in [1.29, 1.82) is 0 Å². The van der Waals surface area contributed by atoms with Crippen molar-refractivity contribution in [3.05, 3.63) is 65.2 Å². The van der Waals surface area contributed by atoms with Gasteiger partial charge in [-0.1, -0.05) is 61.2 Å². The van der Waals surface area contributed by atoms with Crippen LogP contribution in [0.5, 0.6) is 0 Å².